The van der Waals surface area contributed by atoms with Crippen LogP contribution in [-0.2, 0) is 22.5 Å². The van der Waals surface area contributed by atoms with Crippen LogP contribution in [0.4, 0.5) is 0 Å². The number of carbonyl (C=O) groups is 2. The molecule has 2 amide bonds. The molecule has 1 aromatic rings. The van der Waals surface area contributed by atoms with Crippen molar-refractivity contribution in [2.45, 2.75) is 45.9 Å². The van der Waals surface area contributed by atoms with Crippen LogP contribution in [0, 0.1) is 5.92 Å². The van der Waals surface area contributed by atoms with Crippen LogP contribution in [0.5, 0.6) is 0 Å². The van der Waals surface area contributed by atoms with Crippen LogP contribution in [0.25, 0.3) is 0 Å². The van der Waals surface area contributed by atoms with E-state index in [1.165, 1.54) is 0 Å². The Labute approximate surface area is 129 Å². The van der Waals surface area contributed by atoms with Crippen LogP contribution in [0.2, 0.25) is 0 Å². The Kier molecular flexibility index (Phi) is 3.68. The standard InChI is InChI=1S/C15H22N4O3/c1-4-19-13(15(21)18-6-10(7-18)14(16)20)11-5-8(2)22-9(3)12(11)17-19/h8-10H,4-7H2,1-3H3,(H2,16,20)/t8-,9+/m0/s1. The summed E-state index contributed by atoms with van der Waals surface area (Å²) >= 11 is 0. The number of carbonyl (C=O) groups excluding carboxylic acids is 2. The van der Waals surface area contributed by atoms with E-state index in [0.717, 1.165) is 11.3 Å². The molecule has 1 aromatic heterocycles. The third-order valence-corrected chi connectivity index (χ3v) is 4.47. The Hall–Kier alpha value is -1.89. The first kappa shape index (κ1) is 15.0. The Bertz CT molecular complexity index is 619. The summed E-state index contributed by atoms with van der Waals surface area (Å²) in [7, 11) is 0. The number of nitrogens with two attached hydrogens (primary N) is 1. The molecule has 0 unspecified atom stereocenters. The molecule has 2 aliphatic rings. The van der Waals surface area contributed by atoms with Crippen molar-refractivity contribution in [3.63, 3.8) is 0 Å². The number of amides is 2. The lowest BCUT2D eigenvalue weighted by molar-refractivity contribution is -0.125. The predicted octanol–water partition coefficient (Wildman–Crippen LogP) is 0.482. The van der Waals surface area contributed by atoms with E-state index < -0.39 is 0 Å². The summed E-state index contributed by atoms with van der Waals surface area (Å²) in [4.78, 5) is 25.6. The third kappa shape index (κ3) is 2.29. The molecule has 7 heteroatoms. The van der Waals surface area contributed by atoms with Gasteiger partial charge in [-0.15, -0.1) is 0 Å². The molecule has 22 heavy (non-hydrogen) atoms. The zero-order valence-corrected chi connectivity index (χ0v) is 13.2. The molecule has 1 fully saturated rings. The van der Waals surface area contributed by atoms with Crippen molar-refractivity contribution in [3.05, 3.63) is 17.0 Å². The monoisotopic (exact) mass is 306 g/mol. The summed E-state index contributed by atoms with van der Waals surface area (Å²) in [6, 6.07) is 0. The van der Waals surface area contributed by atoms with Gasteiger partial charge in [-0.3, -0.25) is 14.3 Å². The summed E-state index contributed by atoms with van der Waals surface area (Å²) in [6.45, 7) is 7.36. The number of hydrogen-bond donors (Lipinski definition) is 1. The topological polar surface area (TPSA) is 90.5 Å². The van der Waals surface area contributed by atoms with Crippen LogP contribution in [0.15, 0.2) is 0 Å². The van der Waals surface area contributed by atoms with Gasteiger partial charge in [0.1, 0.15) is 5.69 Å². The highest BCUT2D eigenvalue weighted by Gasteiger charge is 2.39. The Balaban J connectivity index is 1.90. The predicted molar refractivity (Wildman–Crippen MR) is 79.2 cm³/mol. The number of hydrogen-bond acceptors (Lipinski definition) is 4. The first-order valence-corrected chi connectivity index (χ1v) is 7.76. The molecule has 0 spiro atoms. The van der Waals surface area contributed by atoms with Gasteiger partial charge in [-0.2, -0.15) is 5.10 Å². The first-order valence-electron chi connectivity index (χ1n) is 7.76. The molecular weight excluding hydrogens is 284 g/mol. The maximum absolute atomic E-state index is 12.8. The molecule has 7 nitrogen and oxygen atoms in total. The highest BCUT2D eigenvalue weighted by Crippen LogP contribution is 2.32. The number of aromatic nitrogens is 2. The zero-order valence-electron chi connectivity index (χ0n) is 13.2. The van der Waals surface area contributed by atoms with Crippen LogP contribution in [-0.4, -0.2) is 45.7 Å². The number of likely N-dealkylation sites (tertiary alicyclic amines) is 1. The van der Waals surface area contributed by atoms with Crippen LogP contribution in [0.3, 0.4) is 0 Å². The second-order valence-electron chi connectivity index (χ2n) is 6.13. The molecule has 0 aliphatic carbocycles. The van der Waals surface area contributed by atoms with Crippen molar-refractivity contribution in [1.29, 1.82) is 0 Å². The van der Waals surface area contributed by atoms with Crippen molar-refractivity contribution in [1.82, 2.24) is 14.7 Å². The SMILES string of the molecule is CCn1nc2c(c1C(=O)N1CC(C(N)=O)C1)C[C@H](C)O[C@@H]2C. The number of rotatable bonds is 3. The molecule has 0 aromatic carbocycles. The molecular formula is C15H22N4O3. The number of ether oxygens (including phenoxy) is 1. The largest absolute Gasteiger partial charge is 0.369 e. The van der Waals surface area contributed by atoms with E-state index in [1.807, 2.05) is 20.8 Å². The van der Waals surface area contributed by atoms with Crippen molar-refractivity contribution < 1.29 is 14.3 Å². The second-order valence-corrected chi connectivity index (χ2v) is 6.13. The van der Waals surface area contributed by atoms with E-state index in [1.54, 1.807) is 9.58 Å². The highest BCUT2D eigenvalue weighted by molar-refractivity contribution is 5.96. The lowest BCUT2D eigenvalue weighted by Crippen LogP contribution is -2.55. The van der Waals surface area contributed by atoms with E-state index in [-0.39, 0.29) is 29.9 Å². The van der Waals surface area contributed by atoms with Gasteiger partial charge in [0.2, 0.25) is 5.91 Å². The van der Waals surface area contributed by atoms with Crippen LogP contribution in [0.1, 0.15) is 48.6 Å². The van der Waals surface area contributed by atoms with Gasteiger partial charge in [-0.25, -0.2) is 0 Å². The van der Waals surface area contributed by atoms with E-state index in [4.69, 9.17) is 10.5 Å². The molecule has 2 atom stereocenters. The maximum atomic E-state index is 12.8. The Morgan fingerprint density at radius 2 is 2.05 bits per heavy atom. The maximum Gasteiger partial charge on any atom is 0.272 e. The lowest BCUT2D eigenvalue weighted by Gasteiger charge is -2.37. The molecule has 2 N–H and O–H groups in total. The van der Waals surface area contributed by atoms with Crippen LogP contribution >= 0.6 is 0 Å². The quantitative estimate of drug-likeness (QED) is 0.879. The van der Waals surface area contributed by atoms with Gasteiger partial charge in [0.05, 0.1) is 23.8 Å². The highest BCUT2D eigenvalue weighted by atomic mass is 16.5. The van der Waals surface area contributed by atoms with Crippen molar-refractivity contribution in [2.24, 2.45) is 11.7 Å². The van der Waals surface area contributed by atoms with E-state index in [2.05, 4.69) is 5.10 Å². The summed E-state index contributed by atoms with van der Waals surface area (Å²) in [6.07, 6.45) is 0.652. The molecule has 1 saturated heterocycles. The van der Waals surface area contributed by atoms with Gasteiger partial charge in [0.15, 0.2) is 0 Å². The smallest absolute Gasteiger partial charge is 0.272 e. The molecule has 120 valence electrons. The summed E-state index contributed by atoms with van der Waals surface area (Å²) < 4.78 is 7.55. The van der Waals surface area contributed by atoms with Gasteiger partial charge < -0.3 is 15.4 Å². The summed E-state index contributed by atoms with van der Waals surface area (Å²) in [5.74, 6) is -0.626. The minimum absolute atomic E-state index is 0.0607. The molecule has 2 aliphatic heterocycles. The van der Waals surface area contributed by atoms with E-state index >= 15 is 0 Å². The third-order valence-electron chi connectivity index (χ3n) is 4.47. The summed E-state index contributed by atoms with van der Waals surface area (Å²) in [5.41, 5.74) is 7.76. The summed E-state index contributed by atoms with van der Waals surface area (Å²) in [5, 5.41) is 4.55. The van der Waals surface area contributed by atoms with Gasteiger partial charge >= 0.3 is 0 Å². The molecule has 3 rings (SSSR count). The van der Waals surface area contributed by atoms with Crippen molar-refractivity contribution >= 4 is 11.8 Å². The average molecular weight is 306 g/mol. The van der Waals surface area contributed by atoms with E-state index in [0.29, 0.717) is 31.7 Å². The van der Waals surface area contributed by atoms with Gasteiger partial charge in [0.25, 0.3) is 5.91 Å². The van der Waals surface area contributed by atoms with Gasteiger partial charge in [-0.1, -0.05) is 0 Å². The minimum atomic E-state index is -0.342. The van der Waals surface area contributed by atoms with Crippen molar-refractivity contribution in [3.8, 4) is 0 Å². The number of aryl methyl sites for hydroxylation is 1. The molecule has 0 saturated carbocycles. The lowest BCUT2D eigenvalue weighted by atomic mass is 9.96. The fourth-order valence-electron chi connectivity index (χ4n) is 3.24. The number of primary amides is 1. The van der Waals surface area contributed by atoms with Crippen molar-refractivity contribution in [2.75, 3.05) is 13.1 Å². The first-order chi connectivity index (χ1) is 10.4. The fourth-order valence-corrected chi connectivity index (χ4v) is 3.24. The minimum Gasteiger partial charge on any atom is -0.369 e. The van der Waals surface area contributed by atoms with E-state index in [9.17, 15) is 9.59 Å². The number of nitrogens with zero attached hydrogens (tertiary/aromatic N) is 3. The Morgan fingerprint density at radius 1 is 1.36 bits per heavy atom. The van der Waals surface area contributed by atoms with Gasteiger partial charge in [-0.05, 0) is 20.8 Å². The number of fused-ring (bicyclic) bond motifs is 1. The zero-order chi connectivity index (χ0) is 16.0. The average Bonchev–Trinajstić information content (AvgIpc) is 2.74. The Morgan fingerprint density at radius 3 is 2.64 bits per heavy atom. The van der Waals surface area contributed by atoms with Crippen LogP contribution < -0.4 is 5.73 Å². The second kappa shape index (κ2) is 5.39. The molecule has 3 heterocycles. The van der Waals surface area contributed by atoms with Gasteiger partial charge in [0, 0.05) is 31.6 Å². The fraction of sp³-hybridized carbons (Fsp3) is 0.667. The molecule has 0 radical (unpaired) electrons. The normalized spacial score (nSPS) is 24.8. The molecule has 0 bridgehead atoms.